The van der Waals surface area contributed by atoms with E-state index in [0.717, 1.165) is 87.8 Å². The molecular weight excluding hydrogens is 671 g/mol. The largest absolute Gasteiger partial charge is 0.455 e. The summed E-state index contributed by atoms with van der Waals surface area (Å²) in [6.07, 6.45) is 3.77. The lowest BCUT2D eigenvalue weighted by molar-refractivity contribution is 0.673. The molecule has 4 heterocycles. The summed E-state index contributed by atoms with van der Waals surface area (Å²) in [4.78, 5) is 14.8. The zero-order chi connectivity index (χ0) is 36.0. The summed E-state index contributed by atoms with van der Waals surface area (Å²) in [6.45, 7) is 0. The second-order valence-corrected chi connectivity index (χ2v) is 14.3. The third-order valence-electron chi connectivity index (χ3n) is 11.3. The van der Waals surface area contributed by atoms with Gasteiger partial charge in [-0.1, -0.05) is 133 Å². The first kappa shape index (κ1) is 30.1. The Labute approximate surface area is 315 Å². The van der Waals surface area contributed by atoms with Crippen LogP contribution in [0.1, 0.15) is 0 Å². The molecule has 0 saturated heterocycles. The van der Waals surface area contributed by atoms with Crippen molar-refractivity contribution < 1.29 is 4.42 Å². The summed E-state index contributed by atoms with van der Waals surface area (Å²) in [5, 5.41) is 12.5. The van der Waals surface area contributed by atoms with Crippen molar-refractivity contribution in [1.82, 2.24) is 15.0 Å². The van der Waals surface area contributed by atoms with Crippen LogP contribution in [0.2, 0.25) is 0 Å². The Morgan fingerprint density at radius 1 is 0.382 bits per heavy atom. The van der Waals surface area contributed by atoms with Gasteiger partial charge in [0.2, 0.25) is 0 Å². The number of furan rings is 1. The molecule has 0 aliphatic carbocycles. The summed E-state index contributed by atoms with van der Waals surface area (Å²) >= 11 is 0. The van der Waals surface area contributed by atoms with E-state index in [0.29, 0.717) is 0 Å². The molecular formula is C51H29N3O. The van der Waals surface area contributed by atoms with Gasteiger partial charge in [-0.25, -0.2) is 4.98 Å². The molecule has 0 aliphatic rings. The maximum atomic E-state index is 6.57. The molecule has 0 unspecified atom stereocenters. The Morgan fingerprint density at radius 2 is 1.00 bits per heavy atom. The summed E-state index contributed by atoms with van der Waals surface area (Å²) < 4.78 is 6.57. The van der Waals surface area contributed by atoms with E-state index in [-0.39, 0.29) is 0 Å². The van der Waals surface area contributed by atoms with Gasteiger partial charge in [-0.2, -0.15) is 0 Å². The zero-order valence-electron chi connectivity index (χ0n) is 29.5. The Bertz CT molecular complexity index is 3490. The maximum absolute atomic E-state index is 6.57. The normalized spacial score (nSPS) is 12.0. The lowest BCUT2D eigenvalue weighted by Gasteiger charge is -2.19. The lowest BCUT2D eigenvalue weighted by Crippen LogP contribution is -1.93. The smallest absolute Gasteiger partial charge is 0.144 e. The highest BCUT2D eigenvalue weighted by Gasteiger charge is 2.20. The van der Waals surface area contributed by atoms with Crippen LogP contribution >= 0.6 is 0 Å². The summed E-state index contributed by atoms with van der Waals surface area (Å²) in [6, 6.07) is 58.2. The first-order chi connectivity index (χ1) is 27.3. The van der Waals surface area contributed by atoms with Gasteiger partial charge >= 0.3 is 0 Å². The van der Waals surface area contributed by atoms with Gasteiger partial charge in [0.1, 0.15) is 11.2 Å². The maximum Gasteiger partial charge on any atom is 0.144 e. The first-order valence-corrected chi connectivity index (χ1v) is 18.6. The van der Waals surface area contributed by atoms with Crippen molar-refractivity contribution in [3.05, 3.63) is 176 Å². The second kappa shape index (κ2) is 11.5. The van der Waals surface area contributed by atoms with Gasteiger partial charge in [0.15, 0.2) is 0 Å². The van der Waals surface area contributed by atoms with E-state index in [2.05, 4.69) is 146 Å². The molecule has 4 heteroatoms. The van der Waals surface area contributed by atoms with Gasteiger partial charge in [-0.15, -0.1) is 0 Å². The number of rotatable bonds is 3. The van der Waals surface area contributed by atoms with Crippen LogP contribution in [0, 0.1) is 0 Å². The van der Waals surface area contributed by atoms with E-state index in [1.807, 2.05) is 30.6 Å². The molecule has 254 valence electrons. The van der Waals surface area contributed by atoms with E-state index in [1.165, 1.54) is 32.7 Å². The van der Waals surface area contributed by atoms with Crippen molar-refractivity contribution in [1.29, 1.82) is 0 Å². The molecule has 0 saturated carbocycles. The molecule has 8 aromatic carbocycles. The number of hydrogen-bond donors (Lipinski definition) is 0. The molecule has 0 radical (unpaired) electrons. The Kier molecular flexibility index (Phi) is 6.31. The highest BCUT2D eigenvalue weighted by molar-refractivity contribution is 6.26. The fourth-order valence-corrected chi connectivity index (χ4v) is 8.93. The molecule has 4 nitrogen and oxygen atoms in total. The number of nitrogens with zero attached hydrogens (tertiary/aromatic N) is 3. The van der Waals surface area contributed by atoms with Gasteiger partial charge in [0, 0.05) is 55.7 Å². The standard InChI is InChI=1S/C51H29N3O/c1-3-14-36-34(12-1)45(35-13-2-4-15-37(35)46(36)38-27-29-53-50-39(38)24-23-31-10-9-28-52-49(31)50)30-19-21-32(22-20-30)48-42-26-25-40-33-11-6-8-18-44(33)55-51(40)47(42)41-16-5-7-17-43(41)54-48/h1-29H. The molecule has 12 rings (SSSR count). The van der Waals surface area contributed by atoms with Crippen LogP contribution in [-0.2, 0) is 0 Å². The van der Waals surface area contributed by atoms with Crippen molar-refractivity contribution in [3.8, 4) is 33.5 Å². The molecule has 55 heavy (non-hydrogen) atoms. The third kappa shape index (κ3) is 4.37. The van der Waals surface area contributed by atoms with E-state index in [9.17, 15) is 0 Å². The molecule has 0 spiro atoms. The van der Waals surface area contributed by atoms with Crippen molar-refractivity contribution in [2.75, 3.05) is 0 Å². The molecule has 0 bridgehead atoms. The quantitative estimate of drug-likeness (QED) is 0.136. The van der Waals surface area contributed by atoms with Crippen LogP contribution in [-0.4, -0.2) is 15.0 Å². The second-order valence-electron chi connectivity index (χ2n) is 14.3. The summed E-state index contributed by atoms with van der Waals surface area (Å²) in [5.74, 6) is 0. The minimum Gasteiger partial charge on any atom is -0.455 e. The van der Waals surface area contributed by atoms with Crippen molar-refractivity contribution in [2.24, 2.45) is 0 Å². The van der Waals surface area contributed by atoms with Crippen molar-refractivity contribution >= 4 is 87.0 Å². The predicted octanol–water partition coefficient (Wildman–Crippen LogP) is 13.7. The van der Waals surface area contributed by atoms with Crippen LogP contribution in [0.15, 0.2) is 181 Å². The fraction of sp³-hybridized carbons (Fsp3) is 0. The highest BCUT2D eigenvalue weighted by Crippen LogP contribution is 2.46. The van der Waals surface area contributed by atoms with Gasteiger partial charge in [-0.3, -0.25) is 9.97 Å². The molecule has 0 N–H and O–H groups in total. The Hall–Kier alpha value is -7.43. The van der Waals surface area contributed by atoms with Crippen molar-refractivity contribution in [3.63, 3.8) is 0 Å². The number of aromatic nitrogens is 3. The minimum atomic E-state index is 0.893. The third-order valence-corrected chi connectivity index (χ3v) is 11.3. The lowest BCUT2D eigenvalue weighted by atomic mass is 9.85. The summed E-state index contributed by atoms with van der Waals surface area (Å²) in [5.41, 5.74) is 11.3. The molecule has 0 amide bonds. The van der Waals surface area contributed by atoms with E-state index in [4.69, 9.17) is 19.4 Å². The fourth-order valence-electron chi connectivity index (χ4n) is 8.93. The SMILES string of the molecule is c1cnc2c(c1)ccc1c(-c3c4ccccc4c(-c4ccc(-c5nc6ccccc6c6c5ccc5c7ccccc7oc56)cc4)c4ccccc34)ccnc12. The van der Waals surface area contributed by atoms with Gasteiger partial charge in [0.25, 0.3) is 0 Å². The van der Waals surface area contributed by atoms with Crippen LogP contribution in [0.25, 0.3) is 120 Å². The molecule has 0 fully saturated rings. The number of fused-ring (bicyclic) bond motifs is 12. The minimum absolute atomic E-state index is 0.893. The number of pyridine rings is 3. The number of para-hydroxylation sites is 2. The predicted molar refractivity (Wildman–Crippen MR) is 228 cm³/mol. The Morgan fingerprint density at radius 3 is 1.78 bits per heavy atom. The van der Waals surface area contributed by atoms with Crippen LogP contribution in [0.5, 0.6) is 0 Å². The zero-order valence-corrected chi connectivity index (χ0v) is 29.5. The van der Waals surface area contributed by atoms with Crippen molar-refractivity contribution in [2.45, 2.75) is 0 Å². The van der Waals surface area contributed by atoms with Crippen LogP contribution < -0.4 is 0 Å². The number of hydrogen-bond acceptors (Lipinski definition) is 4. The topological polar surface area (TPSA) is 51.8 Å². The molecule has 12 aromatic rings. The molecule has 0 atom stereocenters. The highest BCUT2D eigenvalue weighted by atomic mass is 16.3. The number of benzene rings is 8. The molecule has 0 aliphatic heterocycles. The van der Waals surface area contributed by atoms with E-state index in [1.54, 1.807) is 0 Å². The monoisotopic (exact) mass is 699 g/mol. The van der Waals surface area contributed by atoms with E-state index < -0.39 is 0 Å². The summed E-state index contributed by atoms with van der Waals surface area (Å²) in [7, 11) is 0. The Balaban J connectivity index is 1.08. The average Bonchev–Trinajstić information content (AvgIpc) is 3.64. The van der Waals surface area contributed by atoms with E-state index >= 15 is 0 Å². The van der Waals surface area contributed by atoms with Crippen LogP contribution in [0.3, 0.4) is 0 Å². The van der Waals surface area contributed by atoms with Gasteiger partial charge < -0.3 is 4.42 Å². The first-order valence-electron chi connectivity index (χ1n) is 18.6. The molecule has 4 aromatic heterocycles. The van der Waals surface area contributed by atoms with Gasteiger partial charge in [-0.05, 0) is 74.1 Å². The van der Waals surface area contributed by atoms with Gasteiger partial charge in [0.05, 0.1) is 22.2 Å². The average molecular weight is 700 g/mol. The van der Waals surface area contributed by atoms with Crippen LogP contribution in [0.4, 0.5) is 0 Å².